The zero-order valence-corrected chi connectivity index (χ0v) is 14.4. The molecule has 2 N–H and O–H groups in total. The van der Waals surface area contributed by atoms with E-state index in [1.165, 1.54) is 0 Å². The van der Waals surface area contributed by atoms with Gasteiger partial charge in [0, 0.05) is 58.0 Å². The maximum absolute atomic E-state index is 11.6. The summed E-state index contributed by atoms with van der Waals surface area (Å²) in [6.45, 7) is 4.27. The summed E-state index contributed by atoms with van der Waals surface area (Å²) in [6.07, 6.45) is 7.45. The number of amides is 1. The predicted octanol–water partition coefficient (Wildman–Crippen LogP) is 0.876. The number of nitrogens with one attached hydrogen (secondary N) is 2. The second-order valence-electron chi connectivity index (χ2n) is 6.06. The van der Waals surface area contributed by atoms with E-state index in [2.05, 4.69) is 32.5 Å². The van der Waals surface area contributed by atoms with Gasteiger partial charge in [0.15, 0.2) is 5.96 Å². The van der Waals surface area contributed by atoms with Gasteiger partial charge in [0.05, 0.1) is 6.20 Å². The molecule has 1 fully saturated rings. The van der Waals surface area contributed by atoms with Crippen LogP contribution in [0.3, 0.4) is 0 Å². The van der Waals surface area contributed by atoms with E-state index in [1.54, 1.807) is 4.68 Å². The average Bonchev–Trinajstić information content (AvgIpc) is 3.23. The molecule has 0 spiro atoms. The molecule has 0 aliphatic heterocycles. The molecule has 1 aliphatic rings. The van der Waals surface area contributed by atoms with Gasteiger partial charge < -0.3 is 15.5 Å². The van der Waals surface area contributed by atoms with E-state index < -0.39 is 0 Å². The molecule has 7 heteroatoms. The highest BCUT2D eigenvalue weighted by Gasteiger charge is 2.22. The lowest BCUT2D eigenvalue weighted by atomic mass is 10.3. The minimum Gasteiger partial charge on any atom is -0.357 e. The fraction of sp³-hybridized carbons (Fsp3) is 0.688. The molecule has 7 nitrogen and oxygen atoms in total. The summed E-state index contributed by atoms with van der Waals surface area (Å²) in [5.74, 6) is 1.01. The zero-order chi connectivity index (χ0) is 16.7. The van der Waals surface area contributed by atoms with Gasteiger partial charge >= 0.3 is 0 Å². The molecule has 1 heterocycles. The summed E-state index contributed by atoms with van der Waals surface area (Å²) in [5.41, 5.74) is 1.14. The van der Waals surface area contributed by atoms with Gasteiger partial charge in [-0.05, 0) is 26.2 Å². The first-order valence-electron chi connectivity index (χ1n) is 8.34. The fourth-order valence-electron chi connectivity index (χ4n) is 2.32. The van der Waals surface area contributed by atoms with Crippen molar-refractivity contribution >= 4 is 11.9 Å². The largest absolute Gasteiger partial charge is 0.357 e. The van der Waals surface area contributed by atoms with E-state index in [4.69, 9.17) is 0 Å². The molecule has 0 aromatic carbocycles. The van der Waals surface area contributed by atoms with Crippen LogP contribution in [0.25, 0.3) is 0 Å². The van der Waals surface area contributed by atoms with Crippen molar-refractivity contribution in [3.63, 3.8) is 0 Å². The van der Waals surface area contributed by atoms with Gasteiger partial charge in [0.25, 0.3) is 0 Å². The minimum absolute atomic E-state index is 0.149. The Morgan fingerprint density at radius 1 is 1.52 bits per heavy atom. The topological polar surface area (TPSA) is 74.6 Å². The van der Waals surface area contributed by atoms with Crippen molar-refractivity contribution in [1.82, 2.24) is 25.3 Å². The van der Waals surface area contributed by atoms with Crippen molar-refractivity contribution in [1.29, 1.82) is 0 Å². The van der Waals surface area contributed by atoms with Gasteiger partial charge in [0.1, 0.15) is 0 Å². The number of hydrogen-bond donors (Lipinski definition) is 2. The Balaban J connectivity index is 1.77. The van der Waals surface area contributed by atoms with E-state index in [0.29, 0.717) is 19.0 Å². The first-order chi connectivity index (χ1) is 11.1. The molecule has 1 saturated carbocycles. The number of nitrogens with zero attached hydrogens (tertiary/aromatic N) is 4. The first-order valence-corrected chi connectivity index (χ1v) is 8.34. The predicted molar refractivity (Wildman–Crippen MR) is 91.1 cm³/mol. The van der Waals surface area contributed by atoms with Crippen molar-refractivity contribution in [2.75, 3.05) is 20.1 Å². The van der Waals surface area contributed by atoms with Crippen LogP contribution in [0.15, 0.2) is 17.4 Å². The smallest absolute Gasteiger partial charge is 0.220 e. The molecule has 1 aromatic rings. The maximum Gasteiger partial charge on any atom is 0.220 e. The van der Waals surface area contributed by atoms with Crippen LogP contribution in [0.1, 0.15) is 38.2 Å². The molecule has 0 bridgehead atoms. The number of aromatic nitrogens is 2. The van der Waals surface area contributed by atoms with E-state index >= 15 is 0 Å². The number of carbonyl (C=O) groups excluding carboxylic acids is 1. The van der Waals surface area contributed by atoms with Crippen molar-refractivity contribution < 1.29 is 4.79 Å². The van der Waals surface area contributed by atoms with Crippen LogP contribution in [0.5, 0.6) is 0 Å². The van der Waals surface area contributed by atoms with Crippen LogP contribution in [0, 0.1) is 0 Å². The van der Waals surface area contributed by atoms with Gasteiger partial charge in [-0.25, -0.2) is 0 Å². The van der Waals surface area contributed by atoms with Crippen LogP contribution >= 0.6 is 0 Å². The van der Waals surface area contributed by atoms with Crippen LogP contribution in [0.4, 0.5) is 0 Å². The van der Waals surface area contributed by atoms with Crippen molar-refractivity contribution in [2.45, 2.75) is 45.2 Å². The van der Waals surface area contributed by atoms with Gasteiger partial charge in [-0.15, -0.1) is 0 Å². The average molecular weight is 320 g/mol. The summed E-state index contributed by atoms with van der Waals surface area (Å²) < 4.78 is 1.80. The monoisotopic (exact) mass is 320 g/mol. The Morgan fingerprint density at radius 3 is 2.91 bits per heavy atom. The molecule has 0 unspecified atom stereocenters. The molecule has 1 amide bonds. The number of hydrogen-bond acceptors (Lipinski definition) is 3. The molecule has 1 aromatic heterocycles. The molecule has 1 aliphatic carbocycles. The third kappa shape index (κ3) is 6.30. The number of aliphatic imine (C=N–C) groups is 1. The second-order valence-corrected chi connectivity index (χ2v) is 6.06. The standard InChI is InChI=1S/C16H28N6O/c1-4-17-16(21(2)11-13-10-19-22(3)12-13)18-9-5-6-15(23)20-14-7-8-14/h10,12,14H,4-9,11H2,1-3H3,(H,17,18)(H,20,23). The lowest BCUT2D eigenvalue weighted by Gasteiger charge is -2.21. The normalized spacial score (nSPS) is 14.7. The van der Waals surface area contributed by atoms with Crippen molar-refractivity contribution in [3.05, 3.63) is 18.0 Å². The lowest BCUT2D eigenvalue weighted by Crippen LogP contribution is -2.38. The molecule has 23 heavy (non-hydrogen) atoms. The second kappa shape index (κ2) is 8.55. The number of carbonyl (C=O) groups is 1. The maximum atomic E-state index is 11.6. The summed E-state index contributed by atoms with van der Waals surface area (Å²) in [4.78, 5) is 18.3. The van der Waals surface area contributed by atoms with Gasteiger partial charge in [-0.2, -0.15) is 5.10 Å². The van der Waals surface area contributed by atoms with Crippen LogP contribution in [0.2, 0.25) is 0 Å². The Morgan fingerprint density at radius 2 is 2.30 bits per heavy atom. The summed E-state index contributed by atoms with van der Waals surface area (Å²) in [7, 11) is 3.92. The van der Waals surface area contributed by atoms with Gasteiger partial charge in [-0.1, -0.05) is 0 Å². The lowest BCUT2D eigenvalue weighted by molar-refractivity contribution is -0.121. The van der Waals surface area contributed by atoms with Crippen LogP contribution in [-0.4, -0.2) is 52.7 Å². The van der Waals surface area contributed by atoms with Crippen LogP contribution in [-0.2, 0) is 18.4 Å². The Labute approximate surface area is 138 Å². The highest BCUT2D eigenvalue weighted by molar-refractivity contribution is 5.80. The number of guanidine groups is 1. The first kappa shape index (κ1) is 17.3. The molecule has 2 rings (SSSR count). The molecule has 0 atom stereocenters. The minimum atomic E-state index is 0.149. The Bertz CT molecular complexity index is 534. The number of aryl methyl sites for hydroxylation is 1. The quantitative estimate of drug-likeness (QED) is 0.423. The fourth-order valence-corrected chi connectivity index (χ4v) is 2.32. The van der Waals surface area contributed by atoms with Gasteiger partial charge in [0.2, 0.25) is 5.91 Å². The van der Waals surface area contributed by atoms with E-state index in [0.717, 1.165) is 43.9 Å². The Hall–Kier alpha value is -2.05. The third-order valence-corrected chi connectivity index (χ3v) is 3.64. The van der Waals surface area contributed by atoms with Gasteiger partial charge in [-0.3, -0.25) is 14.5 Å². The molecular weight excluding hydrogens is 292 g/mol. The summed E-state index contributed by atoms with van der Waals surface area (Å²) in [5, 5.41) is 10.5. The molecule has 0 saturated heterocycles. The molecule has 0 radical (unpaired) electrons. The highest BCUT2D eigenvalue weighted by Crippen LogP contribution is 2.18. The molecular formula is C16H28N6O. The van der Waals surface area contributed by atoms with Crippen molar-refractivity contribution in [2.24, 2.45) is 12.0 Å². The Kier molecular flexibility index (Phi) is 6.43. The summed E-state index contributed by atoms with van der Waals surface area (Å²) in [6, 6.07) is 0.439. The van der Waals surface area contributed by atoms with Crippen LogP contribution < -0.4 is 10.6 Å². The van der Waals surface area contributed by atoms with E-state index in [-0.39, 0.29) is 5.91 Å². The zero-order valence-electron chi connectivity index (χ0n) is 14.4. The molecule has 128 valence electrons. The van der Waals surface area contributed by atoms with E-state index in [1.807, 2.05) is 26.5 Å². The highest BCUT2D eigenvalue weighted by atomic mass is 16.1. The number of rotatable bonds is 8. The van der Waals surface area contributed by atoms with Crippen molar-refractivity contribution in [3.8, 4) is 0 Å². The third-order valence-electron chi connectivity index (χ3n) is 3.64. The SMILES string of the molecule is CCNC(=NCCCC(=O)NC1CC1)N(C)Cc1cnn(C)c1. The summed E-state index contributed by atoms with van der Waals surface area (Å²) >= 11 is 0. The van der Waals surface area contributed by atoms with E-state index in [9.17, 15) is 4.79 Å².